The maximum atomic E-state index is 11.1. The predicted octanol–water partition coefficient (Wildman–Crippen LogP) is 1.59. The lowest BCUT2D eigenvalue weighted by Crippen LogP contribution is -2.49. The van der Waals surface area contributed by atoms with Crippen LogP contribution in [0, 0.1) is 13.8 Å². The topological polar surface area (TPSA) is 52.6 Å². The number of carboxylic acid groups (broad SMARTS) is 1. The molecule has 1 aliphatic rings. The minimum absolute atomic E-state index is 0.0935. The maximum Gasteiger partial charge on any atom is 0.304 e. The number of aliphatic carboxylic acids is 1. The molecule has 4 heteroatoms. The average Bonchev–Trinajstić information content (AvgIpc) is 2.41. The molecule has 1 aromatic rings. The van der Waals surface area contributed by atoms with Crippen LogP contribution >= 0.6 is 0 Å². The van der Waals surface area contributed by atoms with Gasteiger partial charge in [-0.1, -0.05) is 23.8 Å². The summed E-state index contributed by atoms with van der Waals surface area (Å²) < 4.78 is 0. The summed E-state index contributed by atoms with van der Waals surface area (Å²) in [5.41, 5.74) is 3.78. The molecule has 4 nitrogen and oxygen atoms in total. The van der Waals surface area contributed by atoms with Crippen LogP contribution in [-0.4, -0.2) is 48.2 Å². The van der Waals surface area contributed by atoms with Crippen LogP contribution in [0.4, 0.5) is 0 Å². The molecule has 0 radical (unpaired) electrons. The van der Waals surface area contributed by atoms with E-state index < -0.39 is 5.97 Å². The first-order valence-electron chi connectivity index (χ1n) is 7.29. The molecule has 1 heterocycles. The number of rotatable bonds is 5. The second-order valence-corrected chi connectivity index (χ2v) is 5.67. The van der Waals surface area contributed by atoms with E-state index in [1.807, 2.05) is 0 Å². The van der Waals surface area contributed by atoms with Crippen molar-refractivity contribution >= 4 is 5.97 Å². The lowest BCUT2D eigenvalue weighted by molar-refractivity contribution is -0.138. The molecular weight excluding hydrogens is 252 g/mol. The third-order valence-electron chi connectivity index (χ3n) is 4.03. The number of hydrogen-bond acceptors (Lipinski definition) is 3. The number of piperazine rings is 1. The minimum atomic E-state index is -0.710. The van der Waals surface area contributed by atoms with Gasteiger partial charge < -0.3 is 10.4 Å². The fourth-order valence-electron chi connectivity index (χ4n) is 2.91. The molecule has 2 rings (SSSR count). The van der Waals surface area contributed by atoms with Gasteiger partial charge in [-0.25, -0.2) is 0 Å². The molecule has 1 atom stereocenters. The highest BCUT2D eigenvalue weighted by Gasteiger charge is 2.23. The number of nitrogens with one attached hydrogen (secondary N) is 1. The zero-order valence-corrected chi connectivity index (χ0v) is 12.4. The van der Waals surface area contributed by atoms with Crippen molar-refractivity contribution in [3.8, 4) is 0 Å². The first-order chi connectivity index (χ1) is 9.56. The number of hydrogen-bond donors (Lipinski definition) is 2. The van der Waals surface area contributed by atoms with Crippen molar-refractivity contribution in [2.45, 2.75) is 32.7 Å². The summed E-state index contributed by atoms with van der Waals surface area (Å²) in [6.45, 7) is 7.96. The summed E-state index contributed by atoms with van der Waals surface area (Å²) in [4.78, 5) is 13.4. The summed E-state index contributed by atoms with van der Waals surface area (Å²) in [5, 5.41) is 12.5. The van der Waals surface area contributed by atoms with Gasteiger partial charge in [0.05, 0.1) is 6.42 Å². The molecule has 0 bridgehead atoms. The van der Waals surface area contributed by atoms with E-state index in [1.54, 1.807) is 0 Å². The van der Waals surface area contributed by atoms with Gasteiger partial charge in [-0.3, -0.25) is 9.69 Å². The Kier molecular flexibility index (Phi) is 5.15. The molecule has 2 N–H and O–H groups in total. The number of carbonyl (C=O) groups is 1. The van der Waals surface area contributed by atoms with Gasteiger partial charge in [0.2, 0.25) is 0 Å². The molecule has 0 spiro atoms. The molecular formula is C16H24N2O2. The third kappa shape index (κ3) is 4.05. The van der Waals surface area contributed by atoms with Crippen LogP contribution in [0.25, 0.3) is 0 Å². The lowest BCUT2D eigenvalue weighted by atomic mass is 9.96. The Morgan fingerprint density at radius 1 is 1.35 bits per heavy atom. The Labute approximate surface area is 120 Å². The molecule has 0 aliphatic carbocycles. The molecule has 1 fully saturated rings. The van der Waals surface area contributed by atoms with Crippen molar-refractivity contribution in [2.75, 3.05) is 26.2 Å². The Balaban J connectivity index is 2.11. The van der Waals surface area contributed by atoms with E-state index in [0.717, 1.165) is 32.6 Å². The summed E-state index contributed by atoms with van der Waals surface area (Å²) in [7, 11) is 0. The van der Waals surface area contributed by atoms with E-state index in [4.69, 9.17) is 5.11 Å². The van der Waals surface area contributed by atoms with Gasteiger partial charge >= 0.3 is 5.97 Å². The van der Waals surface area contributed by atoms with Gasteiger partial charge in [-0.05, 0) is 31.4 Å². The summed E-state index contributed by atoms with van der Waals surface area (Å²) >= 11 is 0. The Hall–Kier alpha value is -1.39. The highest BCUT2D eigenvalue weighted by atomic mass is 16.4. The number of nitrogens with zero attached hydrogens (tertiary/aromatic N) is 1. The van der Waals surface area contributed by atoms with Crippen LogP contribution < -0.4 is 5.32 Å². The fourth-order valence-corrected chi connectivity index (χ4v) is 2.91. The molecule has 0 amide bonds. The number of benzene rings is 1. The van der Waals surface area contributed by atoms with Gasteiger partial charge in [-0.15, -0.1) is 0 Å². The molecule has 0 aromatic heterocycles. The van der Waals surface area contributed by atoms with Crippen molar-refractivity contribution < 1.29 is 9.90 Å². The van der Waals surface area contributed by atoms with Crippen LogP contribution in [-0.2, 0) is 11.2 Å². The fraction of sp³-hybridized carbons (Fsp3) is 0.562. The lowest BCUT2D eigenvalue weighted by Gasteiger charge is -2.34. The van der Waals surface area contributed by atoms with E-state index in [0.29, 0.717) is 0 Å². The summed E-state index contributed by atoms with van der Waals surface area (Å²) in [5.74, 6) is -0.710. The molecule has 1 aromatic carbocycles. The highest BCUT2D eigenvalue weighted by Crippen LogP contribution is 2.17. The second-order valence-electron chi connectivity index (χ2n) is 5.67. The van der Waals surface area contributed by atoms with Gasteiger partial charge in [0.25, 0.3) is 0 Å². The normalized spacial score (nSPS) is 17.9. The monoisotopic (exact) mass is 276 g/mol. The Morgan fingerprint density at radius 3 is 2.65 bits per heavy atom. The van der Waals surface area contributed by atoms with Crippen molar-refractivity contribution in [1.82, 2.24) is 10.2 Å². The number of aryl methyl sites for hydroxylation is 2. The maximum absolute atomic E-state index is 11.1. The van der Waals surface area contributed by atoms with E-state index >= 15 is 0 Å². The standard InChI is InChI=1S/C16H24N2O2/c1-12-3-4-14(13(2)9-12)10-15(11-16(19)20)18-7-5-17-6-8-18/h3-4,9,15,17H,5-8,10-11H2,1-2H3,(H,19,20). The van der Waals surface area contributed by atoms with E-state index in [-0.39, 0.29) is 12.5 Å². The van der Waals surface area contributed by atoms with Crippen LogP contribution in [0.1, 0.15) is 23.1 Å². The largest absolute Gasteiger partial charge is 0.481 e. The second kappa shape index (κ2) is 6.86. The first-order valence-corrected chi connectivity index (χ1v) is 7.29. The smallest absolute Gasteiger partial charge is 0.304 e. The van der Waals surface area contributed by atoms with Crippen LogP contribution in [0.15, 0.2) is 18.2 Å². The van der Waals surface area contributed by atoms with Crippen molar-refractivity contribution in [1.29, 1.82) is 0 Å². The van der Waals surface area contributed by atoms with E-state index in [2.05, 4.69) is 42.3 Å². The summed E-state index contributed by atoms with van der Waals surface area (Å²) in [6.07, 6.45) is 1.03. The van der Waals surface area contributed by atoms with E-state index in [1.165, 1.54) is 16.7 Å². The van der Waals surface area contributed by atoms with Gasteiger partial charge in [0.15, 0.2) is 0 Å². The van der Waals surface area contributed by atoms with Crippen LogP contribution in [0.3, 0.4) is 0 Å². The van der Waals surface area contributed by atoms with Gasteiger partial charge in [-0.2, -0.15) is 0 Å². The van der Waals surface area contributed by atoms with Crippen molar-refractivity contribution in [3.05, 3.63) is 34.9 Å². The quantitative estimate of drug-likeness (QED) is 0.857. The van der Waals surface area contributed by atoms with Crippen molar-refractivity contribution in [2.24, 2.45) is 0 Å². The summed E-state index contributed by atoms with van der Waals surface area (Å²) in [6, 6.07) is 6.51. The Morgan fingerprint density at radius 2 is 2.05 bits per heavy atom. The number of carboxylic acids is 1. The van der Waals surface area contributed by atoms with Gasteiger partial charge in [0.1, 0.15) is 0 Å². The molecule has 1 aliphatic heterocycles. The van der Waals surface area contributed by atoms with Gasteiger partial charge in [0, 0.05) is 32.2 Å². The zero-order valence-electron chi connectivity index (χ0n) is 12.4. The Bertz CT molecular complexity index is 468. The molecule has 110 valence electrons. The highest BCUT2D eigenvalue weighted by molar-refractivity contribution is 5.67. The van der Waals surface area contributed by atoms with Crippen molar-refractivity contribution in [3.63, 3.8) is 0 Å². The zero-order chi connectivity index (χ0) is 14.5. The molecule has 20 heavy (non-hydrogen) atoms. The SMILES string of the molecule is Cc1ccc(CC(CC(=O)O)N2CCNCC2)c(C)c1. The minimum Gasteiger partial charge on any atom is -0.481 e. The predicted molar refractivity (Wildman–Crippen MR) is 80.1 cm³/mol. The van der Waals surface area contributed by atoms with E-state index in [9.17, 15) is 4.79 Å². The molecule has 0 saturated carbocycles. The third-order valence-corrected chi connectivity index (χ3v) is 4.03. The van der Waals surface area contributed by atoms with Crippen LogP contribution in [0.5, 0.6) is 0 Å². The average molecular weight is 276 g/mol. The first kappa shape index (κ1) is 15.0. The molecule has 1 unspecified atom stereocenters. The molecule has 1 saturated heterocycles. The van der Waals surface area contributed by atoms with Crippen LogP contribution in [0.2, 0.25) is 0 Å².